The van der Waals surface area contributed by atoms with Gasteiger partial charge in [-0.3, -0.25) is 14.9 Å². The van der Waals surface area contributed by atoms with Crippen LogP contribution in [0.2, 0.25) is 5.02 Å². The van der Waals surface area contributed by atoms with Crippen molar-refractivity contribution >= 4 is 66.8 Å². The Morgan fingerprint density at radius 3 is 2.53 bits per heavy atom. The summed E-state index contributed by atoms with van der Waals surface area (Å²) in [5.41, 5.74) is 2.29. The lowest BCUT2D eigenvalue weighted by Crippen LogP contribution is -2.14. The highest BCUT2D eigenvalue weighted by atomic mass is 79.9. The number of non-ortho nitro benzene ring substituents is 1. The number of halogens is 3. The zero-order valence-corrected chi connectivity index (χ0v) is 21.6. The molecule has 34 heavy (non-hydrogen) atoms. The van der Waals surface area contributed by atoms with Crippen LogP contribution in [0.4, 0.5) is 11.4 Å². The molecule has 1 amide bonds. The van der Waals surface area contributed by atoms with Crippen molar-refractivity contribution in [1.82, 2.24) is 0 Å². The molecular weight excluding hydrogens is 590 g/mol. The van der Waals surface area contributed by atoms with Crippen molar-refractivity contribution < 1.29 is 14.5 Å². The number of carbonyl (C=O) groups is 1. The fraction of sp³-hybridized carbons (Fsp3) is 0.0833. The van der Waals surface area contributed by atoms with Gasteiger partial charge in [-0.1, -0.05) is 41.4 Å². The summed E-state index contributed by atoms with van der Waals surface area (Å²) in [6.07, 6.45) is 1.39. The van der Waals surface area contributed by atoms with Gasteiger partial charge in [0.15, 0.2) is 0 Å². The number of rotatable bonds is 7. The maximum absolute atomic E-state index is 12.6. The van der Waals surface area contributed by atoms with Crippen molar-refractivity contribution in [3.63, 3.8) is 0 Å². The minimum atomic E-state index is -0.753. The average Bonchev–Trinajstić information content (AvgIpc) is 2.78. The van der Waals surface area contributed by atoms with Crippen molar-refractivity contribution in [2.75, 3.05) is 5.32 Å². The van der Waals surface area contributed by atoms with E-state index in [0.29, 0.717) is 26.9 Å². The summed E-state index contributed by atoms with van der Waals surface area (Å²) < 4.78 is 7.19. The zero-order valence-electron chi connectivity index (χ0n) is 17.6. The fourth-order valence-electron chi connectivity index (χ4n) is 2.99. The van der Waals surface area contributed by atoms with Crippen molar-refractivity contribution in [1.29, 1.82) is 5.26 Å². The molecule has 0 unspecified atom stereocenters. The van der Waals surface area contributed by atoms with Crippen LogP contribution in [0.25, 0.3) is 6.08 Å². The van der Waals surface area contributed by atoms with E-state index in [1.807, 2.05) is 37.3 Å². The normalized spacial score (nSPS) is 11.0. The number of nitriles is 1. The number of nitrogens with zero attached hydrogens (tertiary/aromatic N) is 2. The van der Waals surface area contributed by atoms with Crippen molar-refractivity contribution in [3.05, 3.63) is 101 Å². The third-order valence-electron chi connectivity index (χ3n) is 4.57. The molecule has 0 atom stereocenters. The Labute approximate surface area is 217 Å². The Hall–Kier alpha value is -3.19. The van der Waals surface area contributed by atoms with Crippen LogP contribution in [0.3, 0.4) is 0 Å². The molecule has 0 saturated carbocycles. The molecule has 0 bridgehead atoms. The first-order chi connectivity index (χ1) is 16.2. The highest BCUT2D eigenvalue weighted by molar-refractivity contribution is 9.11. The van der Waals surface area contributed by atoms with Gasteiger partial charge in [-0.2, -0.15) is 5.26 Å². The van der Waals surface area contributed by atoms with Crippen LogP contribution in [-0.4, -0.2) is 10.8 Å². The highest BCUT2D eigenvalue weighted by Crippen LogP contribution is 2.36. The lowest BCUT2D eigenvalue weighted by atomic mass is 10.1. The van der Waals surface area contributed by atoms with E-state index in [-0.39, 0.29) is 22.0 Å². The Morgan fingerprint density at radius 2 is 1.91 bits per heavy atom. The number of benzene rings is 3. The number of hydrogen-bond donors (Lipinski definition) is 1. The van der Waals surface area contributed by atoms with Gasteiger partial charge in [-0.25, -0.2) is 0 Å². The van der Waals surface area contributed by atoms with Gasteiger partial charge in [-0.15, -0.1) is 0 Å². The molecule has 0 aromatic heterocycles. The summed E-state index contributed by atoms with van der Waals surface area (Å²) in [6, 6.07) is 16.9. The molecule has 172 valence electrons. The van der Waals surface area contributed by atoms with E-state index in [1.165, 1.54) is 18.2 Å². The van der Waals surface area contributed by atoms with Crippen molar-refractivity contribution in [2.45, 2.75) is 13.5 Å². The molecule has 0 spiro atoms. The standard InChI is InChI=1S/C24H16Br2ClN3O4/c1-14-3-2-4-15(7-14)13-34-23-19(25)9-16(10-20(23)26)8-17(12-28)24(31)29-22-11-18(30(32)33)5-6-21(22)27/h2-11H,13H2,1H3,(H,29,31)/b17-8+. The number of ether oxygens (including phenoxy) is 1. The predicted molar refractivity (Wildman–Crippen MR) is 138 cm³/mol. The minimum absolute atomic E-state index is 0.0317. The molecule has 10 heteroatoms. The molecule has 0 saturated heterocycles. The van der Waals surface area contributed by atoms with E-state index < -0.39 is 10.8 Å². The Morgan fingerprint density at radius 1 is 1.21 bits per heavy atom. The largest absolute Gasteiger partial charge is 0.487 e. The first-order valence-electron chi connectivity index (χ1n) is 9.72. The van der Waals surface area contributed by atoms with E-state index in [0.717, 1.165) is 17.2 Å². The van der Waals surface area contributed by atoms with Gasteiger partial charge in [0.1, 0.15) is 24.0 Å². The molecule has 3 aromatic rings. The fourth-order valence-corrected chi connectivity index (χ4v) is 4.60. The maximum atomic E-state index is 12.6. The summed E-state index contributed by atoms with van der Waals surface area (Å²) in [5, 5.41) is 23.0. The number of nitro benzene ring substituents is 1. The molecule has 1 N–H and O–H groups in total. The molecule has 0 aliphatic heterocycles. The van der Waals surface area contributed by atoms with Gasteiger partial charge < -0.3 is 10.1 Å². The Kier molecular flexibility index (Phi) is 8.45. The SMILES string of the molecule is Cc1cccc(COc2c(Br)cc(/C=C(\C#N)C(=O)Nc3cc([N+](=O)[O-])ccc3Cl)cc2Br)c1. The second-order valence-corrected chi connectivity index (χ2v) is 9.25. The van der Waals surface area contributed by atoms with Crippen LogP contribution in [0.5, 0.6) is 5.75 Å². The number of aryl methyl sites for hydroxylation is 1. The van der Waals surface area contributed by atoms with E-state index in [9.17, 15) is 20.2 Å². The lowest BCUT2D eigenvalue weighted by Gasteiger charge is -2.12. The number of amides is 1. The monoisotopic (exact) mass is 603 g/mol. The van der Waals surface area contributed by atoms with E-state index in [1.54, 1.807) is 12.1 Å². The molecule has 3 aromatic carbocycles. The zero-order chi connectivity index (χ0) is 24.8. The molecule has 0 radical (unpaired) electrons. The third kappa shape index (κ3) is 6.44. The predicted octanol–water partition coefficient (Wildman–Crippen LogP) is 7.21. The molecule has 7 nitrogen and oxygen atoms in total. The van der Waals surface area contributed by atoms with Crippen LogP contribution in [0, 0.1) is 28.4 Å². The molecule has 0 fully saturated rings. The second kappa shape index (κ2) is 11.3. The minimum Gasteiger partial charge on any atom is -0.487 e. The van der Waals surface area contributed by atoms with Crippen LogP contribution in [0.1, 0.15) is 16.7 Å². The van der Waals surface area contributed by atoms with Gasteiger partial charge >= 0.3 is 0 Å². The number of anilines is 1. The second-order valence-electron chi connectivity index (χ2n) is 7.14. The first-order valence-corrected chi connectivity index (χ1v) is 11.7. The molecular formula is C24H16Br2ClN3O4. The maximum Gasteiger partial charge on any atom is 0.271 e. The summed E-state index contributed by atoms with van der Waals surface area (Å²) in [7, 11) is 0. The smallest absolute Gasteiger partial charge is 0.271 e. The number of carbonyl (C=O) groups excluding carboxylic acids is 1. The lowest BCUT2D eigenvalue weighted by molar-refractivity contribution is -0.384. The van der Waals surface area contributed by atoms with Crippen molar-refractivity contribution in [3.8, 4) is 11.8 Å². The van der Waals surface area contributed by atoms with E-state index in [4.69, 9.17) is 16.3 Å². The average molecular weight is 606 g/mol. The molecule has 3 rings (SSSR count). The molecule has 0 aliphatic rings. The Bertz CT molecular complexity index is 1330. The van der Waals surface area contributed by atoms with Gasteiger partial charge in [0.05, 0.1) is 24.6 Å². The molecule has 0 aliphatic carbocycles. The summed E-state index contributed by atoms with van der Waals surface area (Å²) in [6.45, 7) is 2.37. The van der Waals surface area contributed by atoms with Crippen LogP contribution >= 0.6 is 43.5 Å². The molecule has 0 heterocycles. The Balaban J connectivity index is 1.80. The van der Waals surface area contributed by atoms with E-state index in [2.05, 4.69) is 37.2 Å². The van der Waals surface area contributed by atoms with Gasteiger partial charge in [0.2, 0.25) is 0 Å². The van der Waals surface area contributed by atoms with E-state index >= 15 is 0 Å². The summed E-state index contributed by atoms with van der Waals surface area (Å²) >= 11 is 13.0. The van der Waals surface area contributed by atoms with Gasteiger partial charge in [0, 0.05) is 12.1 Å². The number of nitro groups is 1. The van der Waals surface area contributed by atoms with Gasteiger partial charge in [0.25, 0.3) is 11.6 Å². The summed E-state index contributed by atoms with van der Waals surface area (Å²) in [5.74, 6) is -0.179. The number of hydrogen-bond acceptors (Lipinski definition) is 5. The van der Waals surface area contributed by atoms with Crippen LogP contribution in [0.15, 0.2) is 69.1 Å². The quantitative estimate of drug-likeness (QED) is 0.133. The third-order valence-corrected chi connectivity index (χ3v) is 6.08. The summed E-state index contributed by atoms with van der Waals surface area (Å²) in [4.78, 5) is 23.0. The van der Waals surface area contributed by atoms with Crippen LogP contribution < -0.4 is 10.1 Å². The first kappa shape index (κ1) is 25.4. The van der Waals surface area contributed by atoms with Gasteiger partial charge in [-0.05, 0) is 74.2 Å². The van der Waals surface area contributed by atoms with Crippen LogP contribution in [-0.2, 0) is 11.4 Å². The van der Waals surface area contributed by atoms with Crippen molar-refractivity contribution in [2.24, 2.45) is 0 Å². The highest BCUT2D eigenvalue weighted by Gasteiger charge is 2.16. The topological polar surface area (TPSA) is 105 Å². The number of nitrogens with one attached hydrogen (secondary N) is 1.